The third-order valence-electron chi connectivity index (χ3n) is 6.21. The molecule has 0 radical (unpaired) electrons. The molecule has 3 aromatic carbocycles. The predicted octanol–water partition coefficient (Wildman–Crippen LogP) is 4.99. The second-order valence-electron chi connectivity index (χ2n) is 8.67. The van der Waals surface area contributed by atoms with Gasteiger partial charge in [0.15, 0.2) is 0 Å². The van der Waals surface area contributed by atoms with Gasteiger partial charge in [-0.15, -0.1) is 0 Å². The second-order valence-corrected chi connectivity index (χ2v) is 8.67. The SMILES string of the molecule is CCCOc1ccc(/C(O)=C2/C(=O)C(=O)N(CCOc3ccc(OC)cc3)C2c2cccc(OC)c2)cc1. The van der Waals surface area contributed by atoms with Crippen LogP contribution >= 0.6 is 0 Å². The van der Waals surface area contributed by atoms with E-state index in [1.807, 2.05) is 6.92 Å². The van der Waals surface area contributed by atoms with Gasteiger partial charge < -0.3 is 29.0 Å². The highest BCUT2D eigenvalue weighted by atomic mass is 16.5. The summed E-state index contributed by atoms with van der Waals surface area (Å²) < 4.78 is 22.0. The number of benzene rings is 3. The Morgan fingerprint density at radius 3 is 2.05 bits per heavy atom. The average molecular weight is 518 g/mol. The molecule has 4 rings (SSSR count). The average Bonchev–Trinajstić information content (AvgIpc) is 3.21. The molecule has 8 heteroatoms. The number of nitrogens with zero attached hydrogens (tertiary/aromatic N) is 1. The van der Waals surface area contributed by atoms with Crippen LogP contribution in [0.5, 0.6) is 23.0 Å². The van der Waals surface area contributed by atoms with Crippen molar-refractivity contribution in [3.8, 4) is 23.0 Å². The zero-order valence-corrected chi connectivity index (χ0v) is 21.7. The predicted molar refractivity (Wildman–Crippen MR) is 143 cm³/mol. The number of rotatable bonds is 11. The van der Waals surface area contributed by atoms with Crippen LogP contribution in [0.25, 0.3) is 5.76 Å². The highest BCUT2D eigenvalue weighted by molar-refractivity contribution is 6.46. The van der Waals surface area contributed by atoms with Crippen LogP contribution < -0.4 is 18.9 Å². The van der Waals surface area contributed by atoms with Crippen molar-refractivity contribution in [1.29, 1.82) is 0 Å². The van der Waals surface area contributed by atoms with Crippen molar-refractivity contribution in [2.24, 2.45) is 0 Å². The van der Waals surface area contributed by atoms with Gasteiger partial charge in [0.05, 0.1) is 39.0 Å². The monoisotopic (exact) mass is 517 g/mol. The van der Waals surface area contributed by atoms with Crippen LogP contribution in [0.4, 0.5) is 0 Å². The van der Waals surface area contributed by atoms with Crippen LogP contribution in [-0.4, -0.2) is 55.7 Å². The number of carbonyl (C=O) groups excluding carboxylic acids is 2. The van der Waals surface area contributed by atoms with Gasteiger partial charge in [-0.25, -0.2) is 0 Å². The highest BCUT2D eigenvalue weighted by Crippen LogP contribution is 2.40. The van der Waals surface area contributed by atoms with Gasteiger partial charge in [-0.2, -0.15) is 0 Å². The van der Waals surface area contributed by atoms with Crippen LogP contribution in [0.3, 0.4) is 0 Å². The Balaban J connectivity index is 1.65. The van der Waals surface area contributed by atoms with Crippen molar-refractivity contribution < 1.29 is 33.6 Å². The first kappa shape index (κ1) is 26.6. The number of ether oxygens (including phenoxy) is 4. The molecule has 1 heterocycles. The standard InChI is InChI=1S/C30H31NO7/c1-4-17-37-23-10-8-20(9-11-23)28(32)26-27(21-6-5-7-25(19-21)36-3)31(30(34)29(26)33)16-18-38-24-14-12-22(35-2)13-15-24/h5-15,19,27,32H,4,16-18H2,1-3H3/b28-26-. The van der Waals surface area contributed by atoms with E-state index >= 15 is 0 Å². The molecule has 0 saturated carbocycles. The lowest BCUT2D eigenvalue weighted by atomic mass is 9.95. The molecule has 1 atom stereocenters. The lowest BCUT2D eigenvalue weighted by Crippen LogP contribution is -2.33. The zero-order valence-electron chi connectivity index (χ0n) is 21.7. The van der Waals surface area contributed by atoms with Gasteiger partial charge in [-0.05, 0) is 72.6 Å². The quantitative estimate of drug-likeness (QED) is 0.217. The van der Waals surface area contributed by atoms with Crippen LogP contribution in [0, 0.1) is 0 Å². The molecule has 38 heavy (non-hydrogen) atoms. The van der Waals surface area contributed by atoms with E-state index in [1.165, 1.54) is 4.90 Å². The van der Waals surface area contributed by atoms with Gasteiger partial charge in [0.2, 0.25) is 0 Å². The second kappa shape index (κ2) is 12.2. The number of carbonyl (C=O) groups is 2. The molecule has 8 nitrogen and oxygen atoms in total. The Labute approximate surface area is 222 Å². The van der Waals surface area contributed by atoms with Gasteiger partial charge in [-0.3, -0.25) is 9.59 Å². The van der Waals surface area contributed by atoms with E-state index in [9.17, 15) is 14.7 Å². The summed E-state index contributed by atoms with van der Waals surface area (Å²) in [6.45, 7) is 2.85. The van der Waals surface area contributed by atoms with Gasteiger partial charge in [0, 0.05) is 5.56 Å². The molecule has 0 aliphatic carbocycles. The molecule has 1 N–H and O–H groups in total. The van der Waals surface area contributed by atoms with Gasteiger partial charge in [-0.1, -0.05) is 19.1 Å². The Morgan fingerprint density at radius 2 is 1.42 bits per heavy atom. The van der Waals surface area contributed by atoms with Crippen LogP contribution in [0.2, 0.25) is 0 Å². The minimum absolute atomic E-state index is 0.00919. The van der Waals surface area contributed by atoms with Gasteiger partial charge in [0.25, 0.3) is 11.7 Å². The van der Waals surface area contributed by atoms with Crippen molar-refractivity contribution in [3.05, 3.63) is 89.5 Å². The third-order valence-corrected chi connectivity index (χ3v) is 6.21. The molecule has 0 spiro atoms. The third kappa shape index (κ3) is 5.75. The summed E-state index contributed by atoms with van der Waals surface area (Å²) in [7, 11) is 3.13. The van der Waals surface area contributed by atoms with Crippen LogP contribution in [-0.2, 0) is 9.59 Å². The number of likely N-dealkylation sites (tertiary alicyclic amines) is 1. The normalized spacial score (nSPS) is 16.4. The molecule has 0 aromatic heterocycles. The van der Waals surface area contributed by atoms with Crippen LogP contribution in [0.1, 0.15) is 30.5 Å². The number of ketones is 1. The van der Waals surface area contributed by atoms with E-state index in [-0.39, 0.29) is 24.5 Å². The van der Waals surface area contributed by atoms with Crippen molar-refractivity contribution in [2.75, 3.05) is 34.0 Å². The molecule has 3 aromatic rings. The topological polar surface area (TPSA) is 94.5 Å². The molecule has 1 amide bonds. The number of amides is 1. The molecule has 1 saturated heterocycles. The first-order chi connectivity index (χ1) is 18.5. The Bertz CT molecular complexity index is 1300. The first-order valence-corrected chi connectivity index (χ1v) is 12.4. The van der Waals surface area contributed by atoms with E-state index in [4.69, 9.17) is 18.9 Å². The van der Waals surface area contributed by atoms with Crippen LogP contribution in [0.15, 0.2) is 78.4 Å². The minimum Gasteiger partial charge on any atom is -0.507 e. The fourth-order valence-corrected chi connectivity index (χ4v) is 4.29. The minimum atomic E-state index is -0.819. The molecule has 0 bridgehead atoms. The Morgan fingerprint density at radius 1 is 0.816 bits per heavy atom. The number of aliphatic hydroxyl groups is 1. The highest BCUT2D eigenvalue weighted by Gasteiger charge is 2.46. The summed E-state index contributed by atoms with van der Waals surface area (Å²) in [6, 6.07) is 20.2. The Kier molecular flexibility index (Phi) is 8.53. The fraction of sp³-hybridized carbons (Fsp3) is 0.267. The number of aliphatic hydroxyl groups excluding tert-OH is 1. The summed E-state index contributed by atoms with van der Waals surface area (Å²) in [5.41, 5.74) is 1.06. The largest absolute Gasteiger partial charge is 0.507 e. The maximum absolute atomic E-state index is 13.3. The van der Waals surface area contributed by atoms with Crippen molar-refractivity contribution in [2.45, 2.75) is 19.4 Å². The van der Waals surface area contributed by atoms with E-state index in [0.29, 0.717) is 40.7 Å². The first-order valence-electron chi connectivity index (χ1n) is 12.4. The van der Waals surface area contributed by atoms with E-state index in [2.05, 4.69) is 0 Å². The van der Waals surface area contributed by atoms with Crippen molar-refractivity contribution in [3.63, 3.8) is 0 Å². The van der Waals surface area contributed by atoms with Gasteiger partial charge >= 0.3 is 0 Å². The molecule has 1 unspecified atom stereocenters. The smallest absolute Gasteiger partial charge is 0.295 e. The summed E-state index contributed by atoms with van der Waals surface area (Å²) in [4.78, 5) is 27.9. The summed E-state index contributed by atoms with van der Waals surface area (Å²) >= 11 is 0. The zero-order chi connectivity index (χ0) is 27.1. The lowest BCUT2D eigenvalue weighted by molar-refractivity contribution is -0.140. The molecule has 1 fully saturated rings. The maximum atomic E-state index is 13.3. The molecule has 1 aliphatic rings. The Hall–Kier alpha value is -4.46. The number of hydrogen-bond donors (Lipinski definition) is 1. The number of Topliss-reactive ketones (excluding diaryl/α,β-unsaturated/α-hetero) is 1. The summed E-state index contributed by atoms with van der Waals surface area (Å²) in [6.07, 6.45) is 0.869. The van der Waals surface area contributed by atoms with Crippen molar-refractivity contribution in [1.82, 2.24) is 4.90 Å². The van der Waals surface area contributed by atoms with E-state index in [0.717, 1.165) is 6.42 Å². The molecular formula is C30H31NO7. The number of hydrogen-bond acceptors (Lipinski definition) is 7. The van der Waals surface area contributed by atoms with E-state index in [1.54, 1.807) is 87.0 Å². The maximum Gasteiger partial charge on any atom is 0.295 e. The van der Waals surface area contributed by atoms with Crippen molar-refractivity contribution >= 4 is 17.4 Å². The summed E-state index contributed by atoms with van der Waals surface area (Å²) in [5, 5.41) is 11.3. The lowest BCUT2D eigenvalue weighted by Gasteiger charge is -2.25. The molecule has 1 aliphatic heterocycles. The fourth-order valence-electron chi connectivity index (χ4n) is 4.29. The van der Waals surface area contributed by atoms with Gasteiger partial charge in [0.1, 0.15) is 35.4 Å². The molecule has 198 valence electrons. The van der Waals surface area contributed by atoms with E-state index < -0.39 is 17.7 Å². The molecular weight excluding hydrogens is 486 g/mol. The summed E-state index contributed by atoms with van der Waals surface area (Å²) in [5.74, 6) is 0.809. The number of methoxy groups -OCH3 is 2.